The van der Waals surface area contributed by atoms with E-state index in [9.17, 15) is 9.59 Å². The minimum absolute atomic E-state index is 0.0312. The van der Waals surface area contributed by atoms with Crippen LogP contribution in [0.25, 0.3) is 0 Å². The molecule has 0 spiro atoms. The van der Waals surface area contributed by atoms with Crippen molar-refractivity contribution in [3.05, 3.63) is 16.3 Å². The molecular formula is C15H20N4O2. The van der Waals surface area contributed by atoms with Gasteiger partial charge in [-0.3, -0.25) is 9.36 Å². The number of nitrogens with zero attached hydrogens (tertiary/aromatic N) is 4. The van der Waals surface area contributed by atoms with Crippen LogP contribution >= 0.6 is 0 Å². The van der Waals surface area contributed by atoms with Crippen molar-refractivity contribution in [3.63, 3.8) is 0 Å². The summed E-state index contributed by atoms with van der Waals surface area (Å²) in [5, 5.41) is 4.40. The summed E-state index contributed by atoms with van der Waals surface area (Å²) in [4.78, 5) is 26.1. The summed E-state index contributed by atoms with van der Waals surface area (Å²) >= 11 is 0. The van der Waals surface area contributed by atoms with E-state index < -0.39 is 0 Å². The third-order valence-electron chi connectivity index (χ3n) is 4.12. The quantitative estimate of drug-likeness (QED) is 0.589. The molecule has 0 unspecified atom stereocenters. The van der Waals surface area contributed by atoms with E-state index in [4.69, 9.17) is 6.42 Å². The number of amides is 1. The standard InChI is InChI=1S/C15H20N4O2/c1-2-3-4-5-14(20)17-8-9-18-13(11-17)16-19(15(18)21)10-12-6-7-12/h1,12H,3-11H2. The molecule has 0 bridgehead atoms. The highest BCUT2D eigenvalue weighted by Crippen LogP contribution is 2.29. The van der Waals surface area contributed by atoms with Gasteiger partial charge in [0.25, 0.3) is 0 Å². The smallest absolute Gasteiger partial charge is 0.333 e. The van der Waals surface area contributed by atoms with Crippen LogP contribution in [-0.2, 0) is 24.4 Å². The molecule has 3 rings (SSSR count). The van der Waals surface area contributed by atoms with Crippen molar-refractivity contribution in [3.8, 4) is 12.3 Å². The molecular weight excluding hydrogens is 268 g/mol. The zero-order valence-corrected chi connectivity index (χ0v) is 12.1. The summed E-state index contributed by atoms with van der Waals surface area (Å²) in [5.74, 6) is 3.96. The van der Waals surface area contributed by atoms with E-state index in [1.807, 2.05) is 0 Å². The van der Waals surface area contributed by atoms with Gasteiger partial charge in [0.15, 0.2) is 5.82 Å². The van der Waals surface area contributed by atoms with Crippen molar-refractivity contribution < 1.29 is 4.79 Å². The molecule has 2 aliphatic rings. The molecule has 1 aromatic rings. The number of hydrogen-bond donors (Lipinski definition) is 0. The minimum atomic E-state index is -0.0312. The maximum Gasteiger partial charge on any atom is 0.346 e. The Labute approximate surface area is 123 Å². The van der Waals surface area contributed by atoms with E-state index in [1.165, 1.54) is 12.8 Å². The second kappa shape index (κ2) is 5.76. The topological polar surface area (TPSA) is 60.1 Å². The van der Waals surface area contributed by atoms with Crippen LogP contribution in [0.3, 0.4) is 0 Å². The average molecular weight is 288 g/mol. The molecule has 0 atom stereocenters. The fourth-order valence-corrected chi connectivity index (χ4v) is 2.67. The predicted molar refractivity (Wildman–Crippen MR) is 77.3 cm³/mol. The Hall–Kier alpha value is -2.03. The highest BCUT2D eigenvalue weighted by atomic mass is 16.2. The van der Waals surface area contributed by atoms with Gasteiger partial charge in [-0.25, -0.2) is 9.48 Å². The molecule has 1 aliphatic heterocycles. The first kappa shape index (κ1) is 13.9. The van der Waals surface area contributed by atoms with Crippen molar-refractivity contribution in [2.24, 2.45) is 5.92 Å². The Morgan fingerprint density at radius 1 is 1.38 bits per heavy atom. The van der Waals surface area contributed by atoms with Gasteiger partial charge in [0, 0.05) is 32.5 Å². The predicted octanol–water partition coefficient (Wildman–Crippen LogP) is 0.600. The highest BCUT2D eigenvalue weighted by Gasteiger charge is 2.27. The van der Waals surface area contributed by atoms with Crippen LogP contribution in [0.5, 0.6) is 0 Å². The number of fused-ring (bicyclic) bond motifs is 1. The van der Waals surface area contributed by atoms with Crippen LogP contribution in [0.2, 0.25) is 0 Å². The molecule has 1 amide bonds. The third kappa shape index (κ3) is 3.02. The number of unbranched alkanes of at least 4 members (excludes halogenated alkanes) is 1. The molecule has 1 saturated carbocycles. The van der Waals surface area contributed by atoms with Gasteiger partial charge in [-0.1, -0.05) is 0 Å². The maximum absolute atomic E-state index is 12.2. The molecule has 2 heterocycles. The second-order valence-electron chi connectivity index (χ2n) is 5.85. The van der Waals surface area contributed by atoms with Crippen molar-refractivity contribution in [2.45, 2.75) is 51.7 Å². The van der Waals surface area contributed by atoms with Crippen LogP contribution in [-0.4, -0.2) is 31.7 Å². The zero-order valence-electron chi connectivity index (χ0n) is 12.1. The van der Waals surface area contributed by atoms with E-state index in [1.54, 1.807) is 14.1 Å². The normalized spacial score (nSPS) is 17.4. The zero-order chi connectivity index (χ0) is 14.8. The van der Waals surface area contributed by atoms with E-state index in [0.717, 1.165) is 13.0 Å². The molecule has 112 valence electrons. The molecule has 1 fully saturated rings. The molecule has 0 radical (unpaired) electrons. The summed E-state index contributed by atoms with van der Waals surface area (Å²) in [6.07, 6.45) is 9.38. The first-order valence-corrected chi connectivity index (χ1v) is 7.57. The average Bonchev–Trinajstić information content (AvgIpc) is 3.24. The highest BCUT2D eigenvalue weighted by molar-refractivity contribution is 5.76. The Morgan fingerprint density at radius 3 is 2.90 bits per heavy atom. The molecule has 21 heavy (non-hydrogen) atoms. The van der Waals surface area contributed by atoms with E-state index in [-0.39, 0.29) is 11.6 Å². The van der Waals surface area contributed by atoms with E-state index >= 15 is 0 Å². The van der Waals surface area contributed by atoms with Gasteiger partial charge in [0.1, 0.15) is 0 Å². The monoisotopic (exact) mass is 288 g/mol. The van der Waals surface area contributed by atoms with Crippen molar-refractivity contribution in [1.29, 1.82) is 0 Å². The number of rotatable bonds is 5. The minimum Gasteiger partial charge on any atom is -0.333 e. The first-order valence-electron chi connectivity index (χ1n) is 7.57. The van der Waals surface area contributed by atoms with Gasteiger partial charge < -0.3 is 4.90 Å². The summed E-state index contributed by atoms with van der Waals surface area (Å²) in [6.45, 7) is 2.27. The van der Waals surface area contributed by atoms with E-state index in [2.05, 4.69) is 11.0 Å². The fraction of sp³-hybridized carbons (Fsp3) is 0.667. The van der Waals surface area contributed by atoms with Crippen LogP contribution in [0, 0.1) is 18.3 Å². The summed E-state index contributed by atoms with van der Waals surface area (Å²) in [5.41, 5.74) is -0.0312. The van der Waals surface area contributed by atoms with E-state index in [0.29, 0.717) is 44.2 Å². The molecule has 0 aromatic carbocycles. The Morgan fingerprint density at radius 2 is 2.19 bits per heavy atom. The van der Waals surface area contributed by atoms with Gasteiger partial charge in [-0.15, -0.1) is 12.3 Å². The number of carbonyl (C=O) groups is 1. The number of terminal acetylenes is 1. The molecule has 0 saturated heterocycles. The fourth-order valence-electron chi connectivity index (χ4n) is 2.67. The van der Waals surface area contributed by atoms with Gasteiger partial charge in [0.05, 0.1) is 6.54 Å². The Balaban J connectivity index is 1.66. The SMILES string of the molecule is C#CCCCC(=O)N1CCn2c(nn(CC3CC3)c2=O)C1. The lowest BCUT2D eigenvalue weighted by Crippen LogP contribution is -2.40. The lowest BCUT2D eigenvalue weighted by Gasteiger charge is -2.26. The molecule has 1 aliphatic carbocycles. The van der Waals surface area contributed by atoms with Crippen LogP contribution < -0.4 is 5.69 Å². The number of carbonyl (C=O) groups excluding carboxylic acids is 1. The van der Waals surface area contributed by atoms with Crippen molar-refractivity contribution in [1.82, 2.24) is 19.2 Å². The van der Waals surface area contributed by atoms with Crippen molar-refractivity contribution in [2.75, 3.05) is 6.54 Å². The second-order valence-corrected chi connectivity index (χ2v) is 5.85. The number of aromatic nitrogens is 3. The van der Waals surface area contributed by atoms with Crippen LogP contribution in [0.15, 0.2) is 4.79 Å². The first-order chi connectivity index (χ1) is 10.2. The molecule has 6 heteroatoms. The van der Waals surface area contributed by atoms with Gasteiger partial charge in [-0.05, 0) is 25.2 Å². The van der Waals surface area contributed by atoms with Gasteiger partial charge in [-0.2, -0.15) is 5.10 Å². The summed E-state index contributed by atoms with van der Waals surface area (Å²) in [6, 6.07) is 0. The van der Waals surface area contributed by atoms with Crippen LogP contribution in [0.4, 0.5) is 0 Å². The van der Waals surface area contributed by atoms with Crippen molar-refractivity contribution >= 4 is 5.91 Å². The third-order valence-corrected chi connectivity index (χ3v) is 4.12. The van der Waals surface area contributed by atoms with Gasteiger partial charge in [0.2, 0.25) is 5.91 Å². The largest absolute Gasteiger partial charge is 0.346 e. The summed E-state index contributed by atoms with van der Waals surface area (Å²) < 4.78 is 3.27. The van der Waals surface area contributed by atoms with Crippen LogP contribution in [0.1, 0.15) is 37.9 Å². The Kier molecular flexibility index (Phi) is 3.82. The molecule has 6 nitrogen and oxygen atoms in total. The lowest BCUT2D eigenvalue weighted by molar-refractivity contribution is -0.132. The number of hydrogen-bond acceptors (Lipinski definition) is 3. The Bertz CT molecular complexity index is 633. The maximum atomic E-state index is 12.2. The molecule has 0 N–H and O–H groups in total. The molecule has 1 aromatic heterocycles. The van der Waals surface area contributed by atoms with Gasteiger partial charge >= 0.3 is 5.69 Å². The lowest BCUT2D eigenvalue weighted by atomic mass is 10.2. The summed E-state index contributed by atoms with van der Waals surface area (Å²) in [7, 11) is 0.